The first kappa shape index (κ1) is 23.5. The summed E-state index contributed by atoms with van der Waals surface area (Å²) in [7, 11) is 0. The molecule has 1 aromatic carbocycles. The molecule has 190 valence electrons. The molecule has 6 rings (SSSR count). The number of nitrogens with zero attached hydrogens (tertiary/aromatic N) is 5. The van der Waals surface area contributed by atoms with Gasteiger partial charge in [0.15, 0.2) is 0 Å². The van der Waals surface area contributed by atoms with Crippen molar-refractivity contribution in [1.29, 1.82) is 0 Å². The Morgan fingerprint density at radius 2 is 1.78 bits per heavy atom. The van der Waals surface area contributed by atoms with Crippen molar-refractivity contribution in [2.24, 2.45) is 0 Å². The number of carbonyl (C=O) groups excluding carboxylic acids is 1. The second-order valence-corrected chi connectivity index (χ2v) is 12.1. The second-order valence-electron chi connectivity index (χ2n) is 12.1. The number of nitrogen functional groups attached to an aromatic ring is 1. The van der Waals surface area contributed by atoms with Gasteiger partial charge >= 0.3 is 0 Å². The molecule has 4 heterocycles. The van der Waals surface area contributed by atoms with E-state index in [1.54, 1.807) is 0 Å². The summed E-state index contributed by atoms with van der Waals surface area (Å²) in [5, 5.41) is 0. The molecule has 0 bridgehead atoms. The molecule has 3 aromatic rings. The van der Waals surface area contributed by atoms with Gasteiger partial charge in [-0.2, -0.15) is 0 Å². The van der Waals surface area contributed by atoms with Gasteiger partial charge in [-0.3, -0.25) is 9.69 Å². The molecule has 3 aliphatic rings. The van der Waals surface area contributed by atoms with Crippen LogP contribution in [0, 0.1) is 0 Å². The lowest BCUT2D eigenvalue weighted by Crippen LogP contribution is -2.64. The third-order valence-electron chi connectivity index (χ3n) is 8.95. The van der Waals surface area contributed by atoms with Gasteiger partial charge in [-0.1, -0.05) is 18.6 Å². The Morgan fingerprint density at radius 1 is 1.06 bits per heavy atom. The van der Waals surface area contributed by atoms with E-state index in [4.69, 9.17) is 10.7 Å². The zero-order valence-corrected chi connectivity index (χ0v) is 22.2. The number of fused-ring (bicyclic) bond motifs is 2. The minimum Gasteiger partial charge on any atom is -0.382 e. The summed E-state index contributed by atoms with van der Waals surface area (Å²) in [4.78, 5) is 27.8. The molecule has 0 atom stereocenters. The average molecular weight is 487 g/mol. The average Bonchev–Trinajstić information content (AvgIpc) is 3.35. The lowest BCUT2D eigenvalue weighted by molar-refractivity contribution is -0.123. The summed E-state index contributed by atoms with van der Waals surface area (Å²) in [6.45, 7) is 13.1. The van der Waals surface area contributed by atoms with Gasteiger partial charge in [0.2, 0.25) is 5.91 Å². The van der Waals surface area contributed by atoms with Crippen LogP contribution in [0.1, 0.15) is 78.3 Å². The van der Waals surface area contributed by atoms with Crippen LogP contribution in [-0.4, -0.2) is 50.0 Å². The minimum atomic E-state index is -0.530. The molecule has 1 saturated carbocycles. The molecule has 0 radical (unpaired) electrons. The van der Waals surface area contributed by atoms with Crippen molar-refractivity contribution >= 4 is 28.4 Å². The standard InChI is InChI=1S/C29H38N6O/c1-18(2)34-17-31-23-14-22(32-26(30)25(23)34)19-9-10-21-24(13-19)35(27(36)28(21,3)4)20-15-29(5,16-20)33-11-7-6-8-12-33/h9-10,13-14,17-18,20H,6-8,11-12,15-16H2,1-5H3,(H2,30,32)/t20-,29+. The summed E-state index contributed by atoms with van der Waals surface area (Å²) < 4.78 is 2.06. The summed E-state index contributed by atoms with van der Waals surface area (Å²) in [6, 6.07) is 8.83. The maximum Gasteiger partial charge on any atom is 0.237 e. The largest absolute Gasteiger partial charge is 0.382 e. The van der Waals surface area contributed by atoms with Crippen LogP contribution in [0.3, 0.4) is 0 Å². The molecule has 1 saturated heterocycles. The molecule has 2 N–H and O–H groups in total. The Bertz CT molecular complexity index is 1340. The SMILES string of the molecule is CC(C)n1cnc2cc(-c3ccc4c(c3)N([C@H]3C[C@@](C)(N5CCCCC5)C3)C(=O)C4(C)C)nc(N)c21. The minimum absolute atomic E-state index is 0.201. The number of benzene rings is 1. The number of rotatable bonds is 4. The van der Waals surface area contributed by atoms with Gasteiger partial charge in [0.05, 0.1) is 23.0 Å². The summed E-state index contributed by atoms with van der Waals surface area (Å²) >= 11 is 0. The van der Waals surface area contributed by atoms with E-state index in [0.717, 1.165) is 46.4 Å². The van der Waals surface area contributed by atoms with E-state index in [-0.39, 0.29) is 23.5 Å². The first-order valence-electron chi connectivity index (χ1n) is 13.5. The maximum atomic E-state index is 13.7. The third kappa shape index (κ3) is 3.39. The number of pyridine rings is 1. The predicted octanol–water partition coefficient (Wildman–Crippen LogP) is 5.29. The number of likely N-dealkylation sites (tertiary alicyclic amines) is 1. The number of imidazole rings is 1. The van der Waals surface area contributed by atoms with E-state index in [0.29, 0.717) is 5.82 Å². The molecule has 2 aliphatic heterocycles. The number of amides is 1. The fourth-order valence-electron chi connectivity index (χ4n) is 6.77. The highest BCUT2D eigenvalue weighted by Gasteiger charge is 2.54. The molecule has 0 spiro atoms. The van der Waals surface area contributed by atoms with E-state index < -0.39 is 5.41 Å². The number of hydrogen-bond acceptors (Lipinski definition) is 5. The first-order chi connectivity index (χ1) is 17.1. The predicted molar refractivity (Wildman–Crippen MR) is 145 cm³/mol. The van der Waals surface area contributed by atoms with Crippen LogP contribution < -0.4 is 10.6 Å². The lowest BCUT2D eigenvalue weighted by Gasteiger charge is -2.55. The number of hydrogen-bond donors (Lipinski definition) is 1. The molecule has 2 aromatic heterocycles. The summed E-state index contributed by atoms with van der Waals surface area (Å²) in [5.41, 5.74) is 11.7. The van der Waals surface area contributed by atoms with E-state index in [9.17, 15) is 4.79 Å². The highest BCUT2D eigenvalue weighted by molar-refractivity contribution is 6.08. The third-order valence-corrected chi connectivity index (χ3v) is 8.95. The Morgan fingerprint density at radius 3 is 2.47 bits per heavy atom. The number of anilines is 2. The quantitative estimate of drug-likeness (QED) is 0.542. The summed E-state index contributed by atoms with van der Waals surface area (Å²) in [6.07, 6.45) is 7.81. The Hall–Kier alpha value is -2.93. The van der Waals surface area contributed by atoms with Crippen LogP contribution in [0.5, 0.6) is 0 Å². The van der Waals surface area contributed by atoms with Crippen LogP contribution in [0.2, 0.25) is 0 Å². The molecule has 1 amide bonds. The van der Waals surface area contributed by atoms with Gasteiger partial charge in [0.1, 0.15) is 11.3 Å². The number of aromatic nitrogens is 3. The smallest absolute Gasteiger partial charge is 0.237 e. The molecule has 36 heavy (non-hydrogen) atoms. The lowest BCUT2D eigenvalue weighted by atomic mass is 9.71. The van der Waals surface area contributed by atoms with Gasteiger partial charge in [-0.15, -0.1) is 0 Å². The van der Waals surface area contributed by atoms with Gasteiger partial charge in [0, 0.05) is 28.9 Å². The van der Waals surface area contributed by atoms with Crippen molar-refractivity contribution in [3.63, 3.8) is 0 Å². The van der Waals surface area contributed by atoms with Crippen molar-refractivity contribution in [2.45, 2.75) is 89.8 Å². The van der Waals surface area contributed by atoms with Crippen LogP contribution in [-0.2, 0) is 10.2 Å². The molecule has 7 nitrogen and oxygen atoms in total. The van der Waals surface area contributed by atoms with Crippen LogP contribution in [0.25, 0.3) is 22.3 Å². The van der Waals surface area contributed by atoms with Crippen LogP contribution in [0.15, 0.2) is 30.6 Å². The van der Waals surface area contributed by atoms with Crippen molar-refractivity contribution in [2.75, 3.05) is 23.7 Å². The molecule has 7 heteroatoms. The fraction of sp³-hybridized carbons (Fsp3) is 0.552. The van der Waals surface area contributed by atoms with Crippen molar-refractivity contribution in [3.8, 4) is 11.3 Å². The van der Waals surface area contributed by atoms with E-state index in [2.05, 4.69) is 72.2 Å². The Balaban J connectivity index is 1.35. The van der Waals surface area contributed by atoms with Crippen LogP contribution >= 0.6 is 0 Å². The highest BCUT2D eigenvalue weighted by atomic mass is 16.2. The van der Waals surface area contributed by atoms with E-state index >= 15 is 0 Å². The van der Waals surface area contributed by atoms with Gasteiger partial charge in [0.25, 0.3) is 0 Å². The molecule has 0 unspecified atom stereocenters. The Kier molecular flexibility index (Phi) is 5.24. The normalized spacial score (nSPS) is 26.0. The Labute approximate surface area is 213 Å². The molecule has 1 aliphatic carbocycles. The second kappa shape index (κ2) is 8.04. The van der Waals surface area contributed by atoms with Gasteiger partial charge in [-0.05, 0) is 91.1 Å². The van der Waals surface area contributed by atoms with Crippen LogP contribution in [0.4, 0.5) is 11.5 Å². The highest BCUT2D eigenvalue weighted by Crippen LogP contribution is 2.50. The number of carbonyl (C=O) groups is 1. The number of piperidine rings is 1. The molecular formula is C29H38N6O. The van der Waals surface area contributed by atoms with Gasteiger partial charge < -0.3 is 15.2 Å². The van der Waals surface area contributed by atoms with Gasteiger partial charge in [-0.25, -0.2) is 9.97 Å². The topological polar surface area (TPSA) is 80.3 Å². The van der Waals surface area contributed by atoms with Crippen molar-refractivity contribution < 1.29 is 4.79 Å². The first-order valence-corrected chi connectivity index (χ1v) is 13.5. The zero-order valence-electron chi connectivity index (χ0n) is 22.2. The molecule has 2 fully saturated rings. The number of nitrogens with two attached hydrogens (primary N) is 1. The zero-order chi connectivity index (χ0) is 25.4. The van der Waals surface area contributed by atoms with Crippen molar-refractivity contribution in [1.82, 2.24) is 19.4 Å². The molecular weight excluding hydrogens is 448 g/mol. The summed E-state index contributed by atoms with van der Waals surface area (Å²) in [5.74, 6) is 0.692. The van der Waals surface area contributed by atoms with E-state index in [1.165, 1.54) is 32.4 Å². The fourth-order valence-corrected chi connectivity index (χ4v) is 6.77. The maximum absolute atomic E-state index is 13.7. The monoisotopic (exact) mass is 486 g/mol. The van der Waals surface area contributed by atoms with E-state index in [1.807, 2.05) is 12.4 Å². The van der Waals surface area contributed by atoms with Crippen molar-refractivity contribution in [3.05, 3.63) is 36.2 Å².